The lowest BCUT2D eigenvalue weighted by Gasteiger charge is -2.37. The molecule has 0 bridgehead atoms. The molecule has 0 N–H and O–H groups in total. The van der Waals surface area contributed by atoms with Crippen molar-refractivity contribution in [3.8, 4) is 0 Å². The van der Waals surface area contributed by atoms with E-state index < -0.39 is 0 Å². The molecule has 1 aliphatic rings. The minimum atomic E-state index is 0.144. The number of likely N-dealkylation sites (tertiary alicyclic amines) is 1. The minimum Gasteiger partial charge on any atom is -0.371 e. The molecular weight excluding hydrogens is 224 g/mol. The molecule has 0 atom stereocenters. The number of piperidine rings is 1. The summed E-state index contributed by atoms with van der Waals surface area (Å²) in [5.74, 6) is 0.144. The fourth-order valence-electron chi connectivity index (χ4n) is 2.66. The lowest BCUT2D eigenvalue weighted by Crippen LogP contribution is -2.42. The predicted octanol–water partition coefficient (Wildman–Crippen LogP) is 2.42. The Morgan fingerprint density at radius 2 is 1.89 bits per heavy atom. The van der Waals surface area contributed by atoms with Gasteiger partial charge >= 0.3 is 0 Å². The number of Topliss-reactive ketones (excluding diaryl/α,β-unsaturated/α-hetero) is 1. The van der Waals surface area contributed by atoms with Gasteiger partial charge in [0, 0.05) is 24.3 Å². The first-order valence-electron chi connectivity index (χ1n) is 6.61. The summed E-state index contributed by atoms with van der Waals surface area (Å²) < 4.78 is 0. The molecule has 1 heterocycles. The minimum absolute atomic E-state index is 0.144. The van der Waals surface area contributed by atoms with E-state index in [0.29, 0.717) is 6.04 Å². The van der Waals surface area contributed by atoms with Crippen molar-refractivity contribution in [3.63, 3.8) is 0 Å². The summed E-state index contributed by atoms with van der Waals surface area (Å²) >= 11 is 0. The molecule has 1 aromatic carbocycles. The van der Waals surface area contributed by atoms with E-state index in [1.165, 1.54) is 12.8 Å². The molecule has 0 aromatic heterocycles. The standard InChI is InChI=1S/C15H22N2O/c1-12(18)14-6-4-5-7-15(14)17(3)13-8-10-16(2)11-9-13/h4-7,13H,8-11H2,1-3H3. The number of carbonyl (C=O) groups is 1. The third-order valence-corrected chi connectivity index (χ3v) is 3.90. The molecular formula is C15H22N2O. The predicted molar refractivity (Wildman–Crippen MR) is 75.4 cm³/mol. The molecule has 18 heavy (non-hydrogen) atoms. The third-order valence-electron chi connectivity index (χ3n) is 3.90. The van der Waals surface area contributed by atoms with Crippen molar-refractivity contribution >= 4 is 11.5 Å². The highest BCUT2D eigenvalue weighted by molar-refractivity contribution is 5.99. The maximum Gasteiger partial charge on any atom is 0.161 e. The number of para-hydroxylation sites is 1. The van der Waals surface area contributed by atoms with E-state index in [0.717, 1.165) is 24.3 Å². The van der Waals surface area contributed by atoms with Crippen molar-refractivity contribution < 1.29 is 4.79 Å². The van der Waals surface area contributed by atoms with Crippen molar-refractivity contribution in [2.75, 3.05) is 32.1 Å². The number of carbonyl (C=O) groups excluding carboxylic acids is 1. The Morgan fingerprint density at radius 3 is 2.50 bits per heavy atom. The zero-order chi connectivity index (χ0) is 13.1. The third kappa shape index (κ3) is 2.72. The smallest absolute Gasteiger partial charge is 0.161 e. The Labute approximate surface area is 109 Å². The number of hydrogen-bond acceptors (Lipinski definition) is 3. The van der Waals surface area contributed by atoms with Crippen LogP contribution in [-0.2, 0) is 0 Å². The maximum absolute atomic E-state index is 11.7. The van der Waals surface area contributed by atoms with Gasteiger partial charge < -0.3 is 9.80 Å². The average molecular weight is 246 g/mol. The summed E-state index contributed by atoms with van der Waals surface area (Å²) in [5, 5.41) is 0. The van der Waals surface area contributed by atoms with E-state index in [4.69, 9.17) is 0 Å². The van der Waals surface area contributed by atoms with Gasteiger partial charge in [0.25, 0.3) is 0 Å². The van der Waals surface area contributed by atoms with Crippen molar-refractivity contribution in [1.82, 2.24) is 4.90 Å². The van der Waals surface area contributed by atoms with Crippen molar-refractivity contribution in [2.45, 2.75) is 25.8 Å². The van der Waals surface area contributed by atoms with Crippen LogP contribution in [0.2, 0.25) is 0 Å². The Balaban J connectivity index is 2.18. The van der Waals surface area contributed by atoms with Gasteiger partial charge in [-0.1, -0.05) is 12.1 Å². The molecule has 1 aliphatic heterocycles. The highest BCUT2D eigenvalue weighted by atomic mass is 16.1. The number of hydrogen-bond donors (Lipinski definition) is 0. The summed E-state index contributed by atoms with van der Waals surface area (Å²) in [4.78, 5) is 16.3. The Hall–Kier alpha value is -1.35. The molecule has 0 radical (unpaired) electrons. The number of benzene rings is 1. The number of rotatable bonds is 3. The van der Waals surface area contributed by atoms with Crippen LogP contribution in [0.15, 0.2) is 24.3 Å². The summed E-state index contributed by atoms with van der Waals surface area (Å²) in [6.45, 7) is 3.91. The Kier molecular flexibility index (Phi) is 4.02. The van der Waals surface area contributed by atoms with Crippen LogP contribution in [0.5, 0.6) is 0 Å². The fourth-order valence-corrected chi connectivity index (χ4v) is 2.66. The summed E-state index contributed by atoms with van der Waals surface area (Å²) in [6.07, 6.45) is 2.33. The maximum atomic E-state index is 11.7. The summed E-state index contributed by atoms with van der Waals surface area (Å²) in [5.41, 5.74) is 1.90. The van der Waals surface area contributed by atoms with Crippen LogP contribution in [0.25, 0.3) is 0 Å². The van der Waals surface area contributed by atoms with Gasteiger partial charge in [0.1, 0.15) is 0 Å². The second kappa shape index (κ2) is 5.53. The molecule has 1 saturated heterocycles. The topological polar surface area (TPSA) is 23.6 Å². The largest absolute Gasteiger partial charge is 0.371 e. The first-order chi connectivity index (χ1) is 8.59. The molecule has 98 valence electrons. The van der Waals surface area contributed by atoms with E-state index in [1.807, 2.05) is 18.2 Å². The van der Waals surface area contributed by atoms with E-state index >= 15 is 0 Å². The van der Waals surface area contributed by atoms with E-state index in [-0.39, 0.29) is 5.78 Å². The van der Waals surface area contributed by atoms with Gasteiger partial charge in [-0.05, 0) is 52.0 Å². The molecule has 0 amide bonds. The lowest BCUT2D eigenvalue weighted by molar-refractivity contribution is 0.101. The molecule has 3 nitrogen and oxygen atoms in total. The molecule has 0 spiro atoms. The quantitative estimate of drug-likeness (QED) is 0.765. The van der Waals surface area contributed by atoms with Crippen LogP contribution >= 0.6 is 0 Å². The average Bonchev–Trinajstić information content (AvgIpc) is 2.39. The van der Waals surface area contributed by atoms with Crippen LogP contribution < -0.4 is 4.90 Å². The molecule has 3 heteroatoms. The van der Waals surface area contributed by atoms with Gasteiger partial charge in [-0.3, -0.25) is 4.79 Å². The van der Waals surface area contributed by atoms with Crippen LogP contribution in [0.1, 0.15) is 30.1 Å². The van der Waals surface area contributed by atoms with Crippen molar-refractivity contribution in [2.24, 2.45) is 0 Å². The first-order valence-corrected chi connectivity index (χ1v) is 6.61. The zero-order valence-electron chi connectivity index (χ0n) is 11.5. The van der Waals surface area contributed by atoms with Gasteiger partial charge in [-0.2, -0.15) is 0 Å². The molecule has 0 unspecified atom stereocenters. The second-order valence-electron chi connectivity index (χ2n) is 5.22. The van der Waals surface area contributed by atoms with Gasteiger partial charge in [-0.15, -0.1) is 0 Å². The van der Waals surface area contributed by atoms with E-state index in [1.54, 1.807) is 6.92 Å². The number of ketones is 1. The van der Waals surface area contributed by atoms with Crippen LogP contribution in [0.3, 0.4) is 0 Å². The highest BCUT2D eigenvalue weighted by Gasteiger charge is 2.22. The van der Waals surface area contributed by atoms with E-state index in [2.05, 4.69) is 30.0 Å². The Bertz CT molecular complexity index is 422. The zero-order valence-corrected chi connectivity index (χ0v) is 11.5. The number of anilines is 1. The molecule has 1 fully saturated rings. The van der Waals surface area contributed by atoms with Gasteiger partial charge in [-0.25, -0.2) is 0 Å². The van der Waals surface area contributed by atoms with Crippen molar-refractivity contribution in [3.05, 3.63) is 29.8 Å². The second-order valence-corrected chi connectivity index (χ2v) is 5.22. The Morgan fingerprint density at radius 1 is 1.28 bits per heavy atom. The first kappa shape index (κ1) is 13.1. The summed E-state index contributed by atoms with van der Waals surface area (Å²) in [6, 6.07) is 8.45. The molecule has 0 aliphatic carbocycles. The highest BCUT2D eigenvalue weighted by Crippen LogP contribution is 2.25. The van der Waals surface area contributed by atoms with Crippen LogP contribution in [0.4, 0.5) is 5.69 Å². The SMILES string of the molecule is CC(=O)c1ccccc1N(C)C1CCN(C)CC1. The van der Waals surface area contributed by atoms with Crippen molar-refractivity contribution in [1.29, 1.82) is 0 Å². The van der Waals surface area contributed by atoms with E-state index in [9.17, 15) is 4.79 Å². The van der Waals surface area contributed by atoms with Crippen LogP contribution in [-0.4, -0.2) is 43.9 Å². The molecule has 1 aromatic rings. The van der Waals surface area contributed by atoms with Gasteiger partial charge in [0.2, 0.25) is 0 Å². The molecule has 0 saturated carbocycles. The van der Waals surface area contributed by atoms with Crippen LogP contribution in [0, 0.1) is 0 Å². The fraction of sp³-hybridized carbons (Fsp3) is 0.533. The normalized spacial score (nSPS) is 17.7. The monoisotopic (exact) mass is 246 g/mol. The van der Waals surface area contributed by atoms with Gasteiger partial charge in [0.05, 0.1) is 0 Å². The number of nitrogens with zero attached hydrogens (tertiary/aromatic N) is 2. The molecule has 2 rings (SSSR count). The lowest BCUT2D eigenvalue weighted by atomic mass is 10.0. The summed E-state index contributed by atoms with van der Waals surface area (Å²) in [7, 11) is 4.28. The van der Waals surface area contributed by atoms with Gasteiger partial charge in [0.15, 0.2) is 5.78 Å².